The van der Waals surface area contributed by atoms with Gasteiger partial charge in [-0.3, -0.25) is 14.2 Å². The highest BCUT2D eigenvalue weighted by Crippen LogP contribution is 2.48. The number of hydrogen-bond acceptors (Lipinski definition) is 6. The summed E-state index contributed by atoms with van der Waals surface area (Å²) in [4.78, 5) is 25.6. The second-order valence-corrected chi connectivity index (χ2v) is 8.28. The van der Waals surface area contributed by atoms with Gasteiger partial charge in [0.15, 0.2) is 12.4 Å². The molecular formula is C20H11Cl5N2O5. The highest BCUT2D eigenvalue weighted by Gasteiger charge is 2.26. The van der Waals surface area contributed by atoms with Crippen LogP contribution in [0.15, 0.2) is 27.6 Å². The van der Waals surface area contributed by atoms with Crippen LogP contribution in [0, 0.1) is 18.3 Å². The van der Waals surface area contributed by atoms with E-state index in [0.29, 0.717) is 5.76 Å². The predicted molar refractivity (Wildman–Crippen MR) is 121 cm³/mol. The lowest BCUT2D eigenvalue weighted by atomic mass is 10.0. The van der Waals surface area contributed by atoms with Crippen molar-refractivity contribution in [1.29, 1.82) is 5.26 Å². The van der Waals surface area contributed by atoms with E-state index in [1.54, 1.807) is 18.2 Å². The number of nitriles is 1. The summed E-state index contributed by atoms with van der Waals surface area (Å²) in [6.07, 6.45) is 1.38. The Kier molecular flexibility index (Phi) is 7.33. The summed E-state index contributed by atoms with van der Waals surface area (Å²) in [6, 6.07) is 4.92. The molecule has 12 heteroatoms. The summed E-state index contributed by atoms with van der Waals surface area (Å²) in [5.74, 6) is -1.28. The largest absolute Gasteiger partial charge is 0.494 e. The predicted octanol–water partition coefficient (Wildman–Crippen LogP) is 5.90. The summed E-state index contributed by atoms with van der Waals surface area (Å²) in [7, 11) is 0. The Morgan fingerprint density at radius 1 is 1.16 bits per heavy atom. The number of ketones is 1. The number of hydrogen-bond donors (Lipinski definition) is 1. The maximum absolute atomic E-state index is 12.9. The van der Waals surface area contributed by atoms with Crippen LogP contribution in [0.25, 0.3) is 0 Å². The zero-order valence-corrected chi connectivity index (χ0v) is 19.8. The molecule has 0 bridgehead atoms. The Morgan fingerprint density at radius 3 is 2.28 bits per heavy atom. The Balaban J connectivity index is 2.02. The van der Waals surface area contributed by atoms with Crippen molar-refractivity contribution >= 4 is 63.8 Å². The van der Waals surface area contributed by atoms with Crippen LogP contribution in [-0.4, -0.2) is 22.1 Å². The maximum Gasteiger partial charge on any atom is 0.271 e. The fourth-order valence-corrected chi connectivity index (χ4v) is 4.14. The van der Waals surface area contributed by atoms with Gasteiger partial charge in [-0.25, -0.2) is 0 Å². The van der Waals surface area contributed by atoms with Crippen molar-refractivity contribution in [2.24, 2.45) is 0 Å². The number of rotatable bonds is 6. The standard InChI is InChI=1S/C20H11Cl5N2O5/c1-8-10(5-26)19(29)27(6-9-3-2-4-31-9)20(30)12(8)11(28)7-32-18-16(24)14(22)13(21)15(23)17(18)25/h2-4,30H,6-7H2,1H3. The van der Waals surface area contributed by atoms with Gasteiger partial charge in [0.05, 0.1) is 33.4 Å². The minimum Gasteiger partial charge on any atom is -0.494 e. The first-order chi connectivity index (χ1) is 15.1. The first-order valence-electron chi connectivity index (χ1n) is 8.66. The van der Waals surface area contributed by atoms with Gasteiger partial charge in [0.1, 0.15) is 27.4 Å². The third kappa shape index (κ3) is 4.29. The van der Waals surface area contributed by atoms with Gasteiger partial charge in [0.2, 0.25) is 11.7 Å². The molecule has 2 aromatic heterocycles. The van der Waals surface area contributed by atoms with E-state index in [1.807, 2.05) is 0 Å². The van der Waals surface area contributed by atoms with E-state index < -0.39 is 23.8 Å². The van der Waals surface area contributed by atoms with Gasteiger partial charge >= 0.3 is 0 Å². The molecule has 0 saturated heterocycles. The van der Waals surface area contributed by atoms with Gasteiger partial charge in [0, 0.05) is 0 Å². The van der Waals surface area contributed by atoms with Crippen molar-refractivity contribution < 1.29 is 19.1 Å². The monoisotopic (exact) mass is 534 g/mol. The summed E-state index contributed by atoms with van der Waals surface area (Å²) >= 11 is 30.1. The number of Topliss-reactive ketones (excluding diaryl/α,β-unsaturated/α-hetero) is 1. The van der Waals surface area contributed by atoms with Crippen molar-refractivity contribution in [3.05, 3.63) is 76.3 Å². The molecule has 0 saturated carbocycles. The first kappa shape index (κ1) is 24.3. The van der Waals surface area contributed by atoms with Crippen LogP contribution in [0.3, 0.4) is 0 Å². The average Bonchev–Trinajstić information content (AvgIpc) is 3.27. The van der Waals surface area contributed by atoms with Crippen LogP contribution in [-0.2, 0) is 6.54 Å². The molecular weight excluding hydrogens is 525 g/mol. The number of pyridine rings is 1. The number of aromatic hydroxyl groups is 1. The topological polar surface area (TPSA) is 105 Å². The van der Waals surface area contributed by atoms with Gasteiger partial charge in [-0.05, 0) is 24.6 Å². The summed E-state index contributed by atoms with van der Waals surface area (Å²) < 4.78 is 11.5. The Bertz CT molecular complexity index is 1300. The zero-order valence-electron chi connectivity index (χ0n) is 16.0. The number of benzene rings is 1. The van der Waals surface area contributed by atoms with E-state index in [1.165, 1.54) is 13.2 Å². The van der Waals surface area contributed by atoms with Crippen LogP contribution in [0.2, 0.25) is 25.1 Å². The molecule has 0 atom stereocenters. The summed E-state index contributed by atoms with van der Waals surface area (Å²) in [6.45, 7) is 0.486. The Hall–Kier alpha value is -2.34. The van der Waals surface area contributed by atoms with Crippen LogP contribution in [0.4, 0.5) is 0 Å². The molecule has 166 valence electrons. The maximum atomic E-state index is 12.9. The number of aromatic nitrogens is 1. The molecule has 0 amide bonds. The second kappa shape index (κ2) is 9.65. The number of nitrogens with zero attached hydrogens (tertiary/aromatic N) is 2. The van der Waals surface area contributed by atoms with Crippen molar-refractivity contribution in [2.45, 2.75) is 13.5 Å². The van der Waals surface area contributed by atoms with Gasteiger partial charge in [-0.2, -0.15) is 5.26 Å². The van der Waals surface area contributed by atoms with Gasteiger partial charge in [0.25, 0.3) is 5.56 Å². The van der Waals surface area contributed by atoms with Gasteiger partial charge in [-0.15, -0.1) is 0 Å². The Morgan fingerprint density at radius 2 is 1.75 bits per heavy atom. The normalized spacial score (nSPS) is 10.8. The molecule has 0 fully saturated rings. The molecule has 1 aromatic carbocycles. The second-order valence-electron chi connectivity index (χ2n) is 6.39. The highest BCUT2D eigenvalue weighted by atomic mass is 35.5. The van der Waals surface area contributed by atoms with E-state index in [-0.39, 0.29) is 54.1 Å². The fourth-order valence-electron chi connectivity index (χ4n) is 2.91. The Labute approximate surface area is 206 Å². The van der Waals surface area contributed by atoms with Crippen molar-refractivity contribution in [3.8, 4) is 17.7 Å². The third-order valence-corrected chi connectivity index (χ3v) is 6.73. The number of furan rings is 1. The highest BCUT2D eigenvalue weighted by molar-refractivity contribution is 6.55. The van der Waals surface area contributed by atoms with Gasteiger partial charge in [-0.1, -0.05) is 58.0 Å². The quantitative estimate of drug-likeness (QED) is 0.239. The molecule has 3 rings (SSSR count). The summed E-state index contributed by atoms with van der Waals surface area (Å²) in [5, 5.41) is 19.5. The van der Waals surface area contributed by atoms with E-state index in [2.05, 4.69) is 0 Å². The number of carbonyl (C=O) groups is 1. The van der Waals surface area contributed by atoms with E-state index >= 15 is 0 Å². The van der Waals surface area contributed by atoms with Crippen molar-refractivity contribution in [1.82, 2.24) is 4.57 Å². The molecule has 7 nitrogen and oxygen atoms in total. The van der Waals surface area contributed by atoms with E-state index in [4.69, 9.17) is 67.2 Å². The molecule has 0 radical (unpaired) electrons. The van der Waals surface area contributed by atoms with Crippen LogP contribution >= 0.6 is 58.0 Å². The summed E-state index contributed by atoms with van der Waals surface area (Å²) in [5.41, 5.74) is -1.39. The van der Waals surface area contributed by atoms with Gasteiger partial charge < -0.3 is 14.3 Å². The minimum absolute atomic E-state index is 0.0105. The lowest BCUT2D eigenvalue weighted by molar-refractivity contribution is 0.0916. The molecule has 3 aromatic rings. The molecule has 0 aliphatic carbocycles. The molecule has 0 unspecified atom stereocenters. The molecule has 2 heterocycles. The van der Waals surface area contributed by atoms with Crippen LogP contribution < -0.4 is 10.3 Å². The van der Waals surface area contributed by atoms with Crippen LogP contribution in [0.5, 0.6) is 11.6 Å². The number of halogens is 5. The number of carbonyl (C=O) groups excluding carboxylic acids is 1. The molecule has 0 aliphatic rings. The average molecular weight is 537 g/mol. The molecule has 1 N–H and O–H groups in total. The van der Waals surface area contributed by atoms with Crippen molar-refractivity contribution in [2.75, 3.05) is 6.61 Å². The van der Waals surface area contributed by atoms with Crippen molar-refractivity contribution in [3.63, 3.8) is 0 Å². The molecule has 0 aliphatic heterocycles. The molecule has 0 spiro atoms. The smallest absolute Gasteiger partial charge is 0.271 e. The fraction of sp³-hybridized carbons (Fsp3) is 0.150. The lowest BCUT2D eigenvalue weighted by Gasteiger charge is -2.16. The van der Waals surface area contributed by atoms with Crippen LogP contribution in [0.1, 0.15) is 27.2 Å². The lowest BCUT2D eigenvalue weighted by Crippen LogP contribution is -2.28. The number of ether oxygens (including phenoxy) is 1. The first-order valence-corrected chi connectivity index (χ1v) is 10.5. The zero-order chi connectivity index (χ0) is 23.7. The third-order valence-electron chi connectivity index (χ3n) is 4.49. The molecule has 32 heavy (non-hydrogen) atoms. The minimum atomic E-state index is -0.779. The SMILES string of the molecule is Cc1c(C(=O)COc2c(Cl)c(Cl)c(Cl)c(Cl)c2Cl)c(O)n(Cc2ccco2)c(=O)c1C#N. The van der Waals surface area contributed by atoms with E-state index in [9.17, 15) is 20.0 Å². The van der Waals surface area contributed by atoms with E-state index in [0.717, 1.165) is 4.57 Å².